The van der Waals surface area contributed by atoms with Crippen LogP contribution in [-0.4, -0.2) is 12.3 Å². The molecular formula is C17H14ClF5N2O3. The van der Waals surface area contributed by atoms with Crippen molar-refractivity contribution in [3.63, 3.8) is 0 Å². The summed E-state index contributed by atoms with van der Waals surface area (Å²) in [5, 5.41) is 3.82. The number of amides is 2. The number of urea groups is 1. The Morgan fingerprint density at radius 1 is 1.07 bits per heavy atom. The lowest BCUT2D eigenvalue weighted by atomic mass is 10.2. The number of benzene rings is 2. The zero-order valence-corrected chi connectivity index (χ0v) is 15.2. The number of carbonyl (C=O) groups excluding carboxylic acids is 1. The average molecular weight is 425 g/mol. The number of hydrogen-bond acceptors (Lipinski definition) is 3. The summed E-state index contributed by atoms with van der Waals surface area (Å²) in [7, 11) is 0. The predicted octanol–water partition coefficient (Wildman–Crippen LogP) is 6.35. The lowest BCUT2D eigenvalue weighted by Crippen LogP contribution is -2.26. The first-order valence-corrected chi connectivity index (χ1v) is 8.26. The van der Waals surface area contributed by atoms with Crippen LogP contribution in [-0.2, 0) is 6.18 Å². The zero-order chi connectivity index (χ0) is 21.1. The first-order valence-electron chi connectivity index (χ1n) is 7.89. The van der Waals surface area contributed by atoms with E-state index in [1.54, 1.807) is 0 Å². The van der Waals surface area contributed by atoms with Crippen LogP contribution >= 0.6 is 11.6 Å². The van der Waals surface area contributed by atoms with Gasteiger partial charge in [0.15, 0.2) is 11.5 Å². The first kappa shape index (κ1) is 21.5. The van der Waals surface area contributed by atoms with Crippen LogP contribution in [0, 0.1) is 0 Å². The minimum absolute atomic E-state index is 0.151. The number of fused-ring (bicyclic) bond motifs is 1. The number of carbonyl (C=O) groups is 1. The molecule has 2 amide bonds. The Bertz CT molecular complexity index is 874. The molecule has 1 aliphatic rings. The molecule has 0 unspecified atom stereocenters. The van der Waals surface area contributed by atoms with E-state index in [0.29, 0.717) is 6.07 Å². The highest BCUT2D eigenvalue weighted by atomic mass is 35.5. The third kappa shape index (κ3) is 4.94. The summed E-state index contributed by atoms with van der Waals surface area (Å²) >= 11 is 5.49. The van der Waals surface area contributed by atoms with E-state index in [0.717, 1.165) is 12.1 Å². The Hall–Kier alpha value is -2.75. The minimum atomic E-state index is -4.71. The normalized spacial score (nSPS) is 14.0. The quantitative estimate of drug-likeness (QED) is 0.552. The third-order valence-electron chi connectivity index (χ3n) is 3.21. The Balaban J connectivity index is 0.00000136. The number of para-hydroxylation sites is 1. The second kappa shape index (κ2) is 8.09. The predicted molar refractivity (Wildman–Crippen MR) is 93.1 cm³/mol. The zero-order valence-electron chi connectivity index (χ0n) is 14.5. The van der Waals surface area contributed by atoms with Gasteiger partial charge in [0.2, 0.25) is 0 Å². The second-order valence-corrected chi connectivity index (χ2v) is 5.48. The fourth-order valence-electron chi connectivity index (χ4n) is 2.17. The summed E-state index contributed by atoms with van der Waals surface area (Å²) in [6.45, 7) is 4.00. The monoisotopic (exact) mass is 424 g/mol. The van der Waals surface area contributed by atoms with Gasteiger partial charge < -0.3 is 20.1 Å². The van der Waals surface area contributed by atoms with Crippen molar-refractivity contribution in [3.8, 4) is 11.5 Å². The van der Waals surface area contributed by atoms with Gasteiger partial charge in [-0.15, -0.1) is 8.78 Å². The molecule has 0 aliphatic carbocycles. The highest BCUT2D eigenvalue weighted by Crippen LogP contribution is 2.45. The minimum Gasteiger partial charge on any atom is -0.395 e. The third-order valence-corrected chi connectivity index (χ3v) is 3.54. The van der Waals surface area contributed by atoms with Gasteiger partial charge in [-0.2, -0.15) is 13.2 Å². The fourth-order valence-corrected chi connectivity index (χ4v) is 2.40. The number of anilines is 2. The molecule has 5 nitrogen and oxygen atoms in total. The first-order chi connectivity index (χ1) is 13.0. The number of hydrogen-bond donors (Lipinski definition) is 2. The second-order valence-electron chi connectivity index (χ2n) is 5.07. The highest BCUT2D eigenvalue weighted by Gasteiger charge is 2.44. The van der Waals surface area contributed by atoms with E-state index in [1.165, 1.54) is 18.2 Å². The summed E-state index contributed by atoms with van der Waals surface area (Å²) in [5.74, 6) is -0.696. The van der Waals surface area contributed by atoms with E-state index in [-0.39, 0.29) is 17.1 Å². The standard InChI is InChI=1S/C15H8ClF5N2O3.C2H6/c16-9-5-4-7(6-8(9)14(17,18)19)22-13(24)23-10-2-1-3-11-12(10)26-15(20,21)25-11;1-2/h1-6H,(H2,22,23,24);1-2H3. The van der Waals surface area contributed by atoms with Gasteiger partial charge >= 0.3 is 18.5 Å². The number of halogens is 6. The summed E-state index contributed by atoms with van der Waals surface area (Å²) in [5.41, 5.74) is -1.48. The maximum Gasteiger partial charge on any atom is 0.586 e. The van der Waals surface area contributed by atoms with Crippen molar-refractivity contribution < 1.29 is 36.2 Å². The van der Waals surface area contributed by atoms with Crippen LogP contribution in [0.15, 0.2) is 36.4 Å². The molecule has 0 fully saturated rings. The van der Waals surface area contributed by atoms with Crippen molar-refractivity contribution in [1.82, 2.24) is 0 Å². The Kier molecular flexibility index (Phi) is 6.23. The van der Waals surface area contributed by atoms with E-state index in [9.17, 15) is 26.7 Å². The van der Waals surface area contributed by atoms with Crippen molar-refractivity contribution in [2.75, 3.05) is 10.6 Å². The van der Waals surface area contributed by atoms with Crippen LogP contribution in [0.25, 0.3) is 0 Å². The lowest BCUT2D eigenvalue weighted by molar-refractivity contribution is -0.286. The van der Waals surface area contributed by atoms with Crippen LogP contribution in [0.3, 0.4) is 0 Å². The van der Waals surface area contributed by atoms with Crippen molar-refractivity contribution in [2.24, 2.45) is 0 Å². The number of rotatable bonds is 2. The molecule has 2 N–H and O–H groups in total. The maximum absolute atomic E-state index is 13.1. The Labute approximate surface area is 161 Å². The molecule has 28 heavy (non-hydrogen) atoms. The van der Waals surface area contributed by atoms with Gasteiger partial charge in [0, 0.05) is 5.69 Å². The highest BCUT2D eigenvalue weighted by molar-refractivity contribution is 6.31. The summed E-state index contributed by atoms with van der Waals surface area (Å²) in [6, 6.07) is 5.57. The summed E-state index contributed by atoms with van der Waals surface area (Å²) in [4.78, 5) is 12.0. The van der Waals surface area contributed by atoms with Crippen molar-refractivity contribution in [2.45, 2.75) is 26.3 Å². The molecule has 0 bridgehead atoms. The molecule has 0 aromatic heterocycles. The topological polar surface area (TPSA) is 59.6 Å². The molecular weight excluding hydrogens is 411 g/mol. The molecule has 0 saturated heterocycles. The molecule has 2 aromatic carbocycles. The van der Waals surface area contributed by atoms with Gasteiger partial charge in [0.25, 0.3) is 0 Å². The van der Waals surface area contributed by atoms with Gasteiger partial charge in [-0.25, -0.2) is 4.79 Å². The smallest absolute Gasteiger partial charge is 0.395 e. The molecule has 11 heteroatoms. The maximum atomic E-state index is 13.1. The van der Waals surface area contributed by atoms with Crippen LogP contribution in [0.5, 0.6) is 11.5 Å². The Morgan fingerprint density at radius 2 is 1.75 bits per heavy atom. The Morgan fingerprint density at radius 3 is 2.39 bits per heavy atom. The molecule has 3 rings (SSSR count). The van der Waals surface area contributed by atoms with Crippen LogP contribution in [0.4, 0.5) is 38.1 Å². The van der Waals surface area contributed by atoms with E-state index in [1.807, 2.05) is 13.8 Å². The van der Waals surface area contributed by atoms with Crippen LogP contribution in [0.1, 0.15) is 19.4 Å². The van der Waals surface area contributed by atoms with Crippen LogP contribution < -0.4 is 20.1 Å². The van der Waals surface area contributed by atoms with Crippen molar-refractivity contribution in [1.29, 1.82) is 0 Å². The van der Waals surface area contributed by atoms with Crippen LogP contribution in [0.2, 0.25) is 5.02 Å². The fraction of sp³-hybridized carbons (Fsp3) is 0.235. The lowest BCUT2D eigenvalue weighted by Gasteiger charge is -2.13. The molecule has 0 spiro atoms. The van der Waals surface area contributed by atoms with Gasteiger partial charge in [-0.3, -0.25) is 0 Å². The van der Waals surface area contributed by atoms with Gasteiger partial charge in [0.05, 0.1) is 16.3 Å². The van der Waals surface area contributed by atoms with Gasteiger partial charge in [0.1, 0.15) is 0 Å². The molecule has 152 valence electrons. The van der Waals surface area contributed by atoms with Gasteiger partial charge in [-0.05, 0) is 30.3 Å². The number of alkyl halides is 5. The number of ether oxygens (including phenoxy) is 2. The summed E-state index contributed by atoms with van der Waals surface area (Å²) in [6.07, 6.45) is -8.59. The summed E-state index contributed by atoms with van der Waals surface area (Å²) < 4.78 is 73.2. The molecule has 2 aromatic rings. The SMILES string of the molecule is CC.O=C(Nc1ccc(Cl)c(C(F)(F)F)c1)Nc1cccc2c1OC(F)(F)O2. The average Bonchev–Trinajstić information content (AvgIpc) is 2.92. The van der Waals surface area contributed by atoms with E-state index >= 15 is 0 Å². The molecule has 0 radical (unpaired) electrons. The van der Waals surface area contributed by atoms with Crippen molar-refractivity contribution >= 4 is 29.0 Å². The largest absolute Gasteiger partial charge is 0.586 e. The van der Waals surface area contributed by atoms with E-state index < -0.39 is 34.8 Å². The van der Waals surface area contributed by atoms with E-state index in [4.69, 9.17) is 11.6 Å². The number of nitrogens with one attached hydrogen (secondary N) is 2. The molecule has 0 saturated carbocycles. The van der Waals surface area contributed by atoms with Crippen molar-refractivity contribution in [3.05, 3.63) is 47.0 Å². The molecule has 1 heterocycles. The molecule has 0 atom stereocenters. The van der Waals surface area contributed by atoms with E-state index in [2.05, 4.69) is 20.1 Å². The molecule has 1 aliphatic heterocycles. The van der Waals surface area contributed by atoms with Gasteiger partial charge in [-0.1, -0.05) is 31.5 Å².